The van der Waals surface area contributed by atoms with Crippen LogP contribution in [-0.4, -0.2) is 29.0 Å². The van der Waals surface area contributed by atoms with Gasteiger partial charge in [0.2, 0.25) is 0 Å². The van der Waals surface area contributed by atoms with Gasteiger partial charge in [-0.25, -0.2) is 9.37 Å². The minimum atomic E-state index is -0.569. The van der Waals surface area contributed by atoms with Crippen LogP contribution in [0.25, 0.3) is 11.0 Å². The van der Waals surface area contributed by atoms with Crippen LogP contribution in [0.5, 0.6) is 0 Å². The zero-order chi connectivity index (χ0) is 19.7. The first-order chi connectivity index (χ1) is 13.5. The van der Waals surface area contributed by atoms with Crippen molar-refractivity contribution in [2.45, 2.75) is 19.4 Å². The molecule has 28 heavy (non-hydrogen) atoms. The Morgan fingerprint density at radius 1 is 1.25 bits per heavy atom. The van der Waals surface area contributed by atoms with Crippen LogP contribution < -0.4 is 10.6 Å². The molecule has 0 fully saturated rings. The van der Waals surface area contributed by atoms with Crippen LogP contribution >= 0.6 is 11.6 Å². The number of carbonyl (C=O) groups excluding carboxylic acids is 1. The molecule has 2 N–H and O–H groups in total. The smallest absolute Gasteiger partial charge is 0.269 e. The van der Waals surface area contributed by atoms with Gasteiger partial charge >= 0.3 is 0 Å². The van der Waals surface area contributed by atoms with Crippen molar-refractivity contribution in [3.63, 3.8) is 0 Å². The van der Waals surface area contributed by atoms with Crippen LogP contribution in [-0.2, 0) is 4.74 Å². The molecule has 4 rings (SSSR count). The Kier molecular flexibility index (Phi) is 5.11. The Hall–Kier alpha value is -2.77. The molecule has 6 nitrogen and oxygen atoms in total. The van der Waals surface area contributed by atoms with Gasteiger partial charge in [0, 0.05) is 24.9 Å². The molecule has 0 spiro atoms. The monoisotopic (exact) mass is 400 g/mol. The highest BCUT2D eigenvalue weighted by Gasteiger charge is 2.20. The van der Waals surface area contributed by atoms with Crippen molar-refractivity contribution in [3.05, 3.63) is 58.6 Å². The van der Waals surface area contributed by atoms with E-state index in [-0.39, 0.29) is 28.4 Å². The van der Waals surface area contributed by atoms with E-state index >= 15 is 0 Å². The van der Waals surface area contributed by atoms with Crippen LogP contribution in [0, 0.1) is 5.82 Å². The first-order valence-corrected chi connectivity index (χ1v) is 9.33. The molecule has 3 heterocycles. The minimum absolute atomic E-state index is 0.00551. The lowest BCUT2D eigenvalue weighted by atomic mass is 10.1. The molecule has 3 aromatic rings. The van der Waals surface area contributed by atoms with Gasteiger partial charge in [0.1, 0.15) is 11.2 Å². The van der Waals surface area contributed by atoms with Crippen molar-refractivity contribution in [1.82, 2.24) is 15.3 Å². The van der Waals surface area contributed by atoms with Gasteiger partial charge in [-0.05, 0) is 37.6 Å². The quantitative estimate of drug-likeness (QED) is 0.585. The summed E-state index contributed by atoms with van der Waals surface area (Å²) in [4.78, 5) is 21.1. The van der Waals surface area contributed by atoms with E-state index in [1.165, 1.54) is 6.07 Å². The summed E-state index contributed by atoms with van der Waals surface area (Å²) in [6.45, 7) is 2.71. The number of hydrogen-bond acceptors (Lipinski definition) is 5. The predicted molar refractivity (Wildman–Crippen MR) is 106 cm³/mol. The van der Waals surface area contributed by atoms with E-state index in [9.17, 15) is 9.18 Å². The van der Waals surface area contributed by atoms with Crippen LogP contribution in [0.1, 0.15) is 35.5 Å². The number of benzene rings is 1. The summed E-state index contributed by atoms with van der Waals surface area (Å²) in [6, 6.07) is 8.27. The number of amides is 1. The van der Waals surface area contributed by atoms with Gasteiger partial charge in [-0.1, -0.05) is 17.7 Å². The third-order valence-corrected chi connectivity index (χ3v) is 4.91. The fraction of sp³-hybridized carbons (Fsp3) is 0.250. The summed E-state index contributed by atoms with van der Waals surface area (Å²) in [5.74, 6) is -0.850. The Morgan fingerprint density at radius 3 is 2.96 bits per heavy atom. The SMILES string of the molecule is C[C@H]1OCCCNC(=O)c2ccc3nccc(c3n2)Nc2c1ccc(Cl)c2F. The van der Waals surface area contributed by atoms with Crippen LogP contribution in [0.2, 0.25) is 5.02 Å². The zero-order valence-corrected chi connectivity index (χ0v) is 15.9. The first-order valence-electron chi connectivity index (χ1n) is 8.95. The number of ether oxygens (including phenoxy) is 1. The van der Waals surface area contributed by atoms with E-state index in [0.29, 0.717) is 41.9 Å². The molecule has 0 unspecified atom stereocenters. The summed E-state index contributed by atoms with van der Waals surface area (Å²) in [6.07, 6.45) is 1.84. The highest BCUT2D eigenvalue weighted by Crippen LogP contribution is 2.35. The number of carbonyl (C=O) groups is 1. The maximum Gasteiger partial charge on any atom is 0.269 e. The standard InChI is InChI=1S/C20H18ClFN4O2/c1-11-12-3-4-13(21)17(22)18(12)25-15-7-9-23-14-5-6-16(26-19(14)15)20(27)24-8-2-10-28-11/h3-7,9,11,25H,2,8,10H2,1H3,(H,24,27)/t11-/m1/s1. The second-order valence-corrected chi connectivity index (χ2v) is 6.90. The molecular weight excluding hydrogens is 383 g/mol. The molecular formula is C20H18ClFN4O2. The number of hydrogen-bond donors (Lipinski definition) is 2. The minimum Gasteiger partial charge on any atom is -0.374 e. The van der Waals surface area contributed by atoms with Crippen LogP contribution in [0.15, 0.2) is 36.5 Å². The number of rotatable bonds is 0. The average molecular weight is 401 g/mol. The maximum absolute atomic E-state index is 14.9. The van der Waals surface area contributed by atoms with Gasteiger partial charge in [0.25, 0.3) is 5.91 Å². The van der Waals surface area contributed by atoms with Gasteiger partial charge in [0.15, 0.2) is 5.82 Å². The molecule has 2 bridgehead atoms. The second-order valence-electron chi connectivity index (χ2n) is 6.50. The highest BCUT2D eigenvalue weighted by atomic mass is 35.5. The molecule has 2 aromatic heterocycles. The highest BCUT2D eigenvalue weighted by molar-refractivity contribution is 6.31. The summed E-state index contributed by atoms with van der Waals surface area (Å²) in [5.41, 5.74) is 2.70. The topological polar surface area (TPSA) is 76.1 Å². The Labute approximate surface area is 166 Å². The Bertz CT molecular complexity index is 1060. The number of pyridine rings is 2. The zero-order valence-electron chi connectivity index (χ0n) is 15.1. The van der Waals surface area contributed by atoms with E-state index in [0.717, 1.165) is 0 Å². The number of nitrogens with one attached hydrogen (secondary N) is 2. The second kappa shape index (κ2) is 7.69. The van der Waals surface area contributed by atoms with Gasteiger partial charge in [-0.2, -0.15) is 0 Å². The lowest BCUT2D eigenvalue weighted by Crippen LogP contribution is -2.26. The number of nitrogens with zero attached hydrogens (tertiary/aromatic N) is 2. The number of halogens is 2. The Balaban J connectivity index is 1.90. The van der Waals surface area contributed by atoms with E-state index in [2.05, 4.69) is 20.6 Å². The lowest BCUT2D eigenvalue weighted by Gasteiger charge is -2.20. The molecule has 1 aliphatic heterocycles. The molecule has 0 radical (unpaired) electrons. The van der Waals surface area contributed by atoms with E-state index < -0.39 is 5.82 Å². The summed E-state index contributed by atoms with van der Waals surface area (Å²) in [7, 11) is 0. The lowest BCUT2D eigenvalue weighted by molar-refractivity contribution is 0.0637. The van der Waals surface area contributed by atoms with Gasteiger partial charge in [-0.3, -0.25) is 9.78 Å². The van der Waals surface area contributed by atoms with E-state index in [4.69, 9.17) is 16.3 Å². The number of aromatic nitrogens is 2. The molecule has 1 atom stereocenters. The molecule has 0 saturated heterocycles. The van der Waals surface area contributed by atoms with Crippen molar-refractivity contribution in [2.75, 3.05) is 18.5 Å². The van der Waals surface area contributed by atoms with Crippen LogP contribution in [0.4, 0.5) is 15.8 Å². The summed E-state index contributed by atoms with van der Waals surface area (Å²) >= 11 is 6.02. The molecule has 144 valence electrons. The number of fused-ring (bicyclic) bond motifs is 2. The third-order valence-electron chi connectivity index (χ3n) is 4.62. The fourth-order valence-corrected chi connectivity index (χ4v) is 3.29. The largest absolute Gasteiger partial charge is 0.374 e. The summed E-state index contributed by atoms with van der Waals surface area (Å²) in [5, 5.41) is 5.93. The molecule has 1 aromatic carbocycles. The first kappa shape index (κ1) is 18.6. The normalized spacial score (nSPS) is 17.5. The van der Waals surface area contributed by atoms with Gasteiger partial charge in [0.05, 0.1) is 28.0 Å². The van der Waals surface area contributed by atoms with Crippen molar-refractivity contribution >= 4 is 39.9 Å². The molecule has 0 saturated carbocycles. The van der Waals surface area contributed by atoms with E-state index in [1.807, 2.05) is 6.92 Å². The van der Waals surface area contributed by atoms with Gasteiger partial charge < -0.3 is 15.4 Å². The van der Waals surface area contributed by atoms with E-state index in [1.54, 1.807) is 30.5 Å². The van der Waals surface area contributed by atoms with Crippen LogP contribution in [0.3, 0.4) is 0 Å². The molecule has 8 heteroatoms. The molecule has 0 aliphatic carbocycles. The van der Waals surface area contributed by atoms with Crippen molar-refractivity contribution in [3.8, 4) is 0 Å². The maximum atomic E-state index is 14.9. The van der Waals surface area contributed by atoms with Crippen molar-refractivity contribution < 1.29 is 13.9 Å². The molecule has 1 amide bonds. The average Bonchev–Trinajstić information content (AvgIpc) is 2.70. The third kappa shape index (κ3) is 3.50. The van der Waals surface area contributed by atoms with Gasteiger partial charge in [-0.15, -0.1) is 0 Å². The van der Waals surface area contributed by atoms with Crippen molar-refractivity contribution in [1.29, 1.82) is 0 Å². The number of anilines is 2. The fourth-order valence-electron chi connectivity index (χ4n) is 3.13. The predicted octanol–water partition coefficient (Wildman–Crippen LogP) is 4.38. The summed E-state index contributed by atoms with van der Waals surface area (Å²) < 4.78 is 20.7. The Morgan fingerprint density at radius 2 is 2.11 bits per heavy atom. The molecule has 1 aliphatic rings. The van der Waals surface area contributed by atoms with Crippen molar-refractivity contribution in [2.24, 2.45) is 0 Å².